The van der Waals surface area contributed by atoms with Crippen LogP contribution < -0.4 is 0 Å². The fourth-order valence-electron chi connectivity index (χ4n) is 3.23. The number of methoxy groups -OCH3 is 1. The van der Waals surface area contributed by atoms with Crippen molar-refractivity contribution in [3.8, 4) is 0 Å². The predicted octanol–water partition coefficient (Wildman–Crippen LogP) is 1.10. The lowest BCUT2D eigenvalue weighted by Gasteiger charge is -2.40. The number of likely N-dealkylation sites (N-methyl/N-ethyl adjacent to an activating group) is 1. The van der Waals surface area contributed by atoms with Crippen molar-refractivity contribution in [1.82, 2.24) is 8.61 Å². The lowest BCUT2D eigenvalue weighted by atomic mass is 9.76. The van der Waals surface area contributed by atoms with Gasteiger partial charge in [0.25, 0.3) is 10.2 Å². The second kappa shape index (κ2) is 5.64. The molecule has 0 spiro atoms. The van der Waals surface area contributed by atoms with Crippen LogP contribution in [0.3, 0.4) is 0 Å². The Labute approximate surface area is 130 Å². The van der Waals surface area contributed by atoms with E-state index in [1.807, 2.05) is 18.2 Å². The van der Waals surface area contributed by atoms with Crippen LogP contribution in [-0.4, -0.2) is 49.7 Å². The van der Waals surface area contributed by atoms with Crippen LogP contribution in [-0.2, 0) is 26.3 Å². The maximum absolute atomic E-state index is 12.8. The van der Waals surface area contributed by atoms with E-state index in [2.05, 4.69) is 10.8 Å². The molecule has 1 fully saturated rings. The second-order valence-corrected chi connectivity index (χ2v) is 7.89. The third-order valence-electron chi connectivity index (χ3n) is 4.61. The maximum Gasteiger partial charge on any atom is 0.321 e. The summed E-state index contributed by atoms with van der Waals surface area (Å²) in [6.07, 6.45) is 1.70. The number of benzene rings is 1. The Hall–Kier alpha value is -1.44. The van der Waals surface area contributed by atoms with E-state index in [9.17, 15) is 13.2 Å². The summed E-state index contributed by atoms with van der Waals surface area (Å²) in [5.74, 6) is -0.111. The number of ether oxygens (including phenoxy) is 1. The smallest absolute Gasteiger partial charge is 0.321 e. The minimum Gasteiger partial charge on any atom is -0.468 e. The summed E-state index contributed by atoms with van der Waals surface area (Å²) < 4.78 is 32.7. The molecule has 0 atom stereocenters. The summed E-state index contributed by atoms with van der Waals surface area (Å²) in [5.41, 5.74) is 2.31. The van der Waals surface area contributed by atoms with E-state index in [-0.39, 0.29) is 12.6 Å². The molecule has 4 rings (SSSR count). The largest absolute Gasteiger partial charge is 0.468 e. The molecule has 1 aromatic rings. The number of esters is 1. The summed E-state index contributed by atoms with van der Waals surface area (Å²) >= 11 is 0. The first-order chi connectivity index (χ1) is 10.4. The Morgan fingerprint density at radius 2 is 2.05 bits per heavy atom. The van der Waals surface area contributed by atoms with Crippen LogP contribution in [0.4, 0.5) is 0 Å². The van der Waals surface area contributed by atoms with Crippen LogP contribution >= 0.6 is 0 Å². The number of nitrogens with zero attached hydrogens (tertiary/aromatic N) is 2. The van der Waals surface area contributed by atoms with Gasteiger partial charge in [-0.15, -0.1) is 0 Å². The first kappa shape index (κ1) is 15.5. The van der Waals surface area contributed by atoms with E-state index in [4.69, 9.17) is 0 Å². The SMILES string of the molecule is COC(=O)CN(C)S(=O)(=O)N1Cc2ccccc2C2CC1C2. The molecule has 6 nitrogen and oxygen atoms in total. The van der Waals surface area contributed by atoms with E-state index in [1.54, 1.807) is 0 Å². The normalized spacial score (nSPS) is 24.3. The minimum absolute atomic E-state index is 0.0162. The first-order valence-corrected chi connectivity index (χ1v) is 8.71. The second-order valence-electron chi connectivity index (χ2n) is 5.91. The van der Waals surface area contributed by atoms with E-state index < -0.39 is 16.2 Å². The molecule has 0 saturated heterocycles. The van der Waals surface area contributed by atoms with Gasteiger partial charge in [0.1, 0.15) is 6.54 Å². The fourth-order valence-corrected chi connectivity index (χ4v) is 4.70. The first-order valence-electron chi connectivity index (χ1n) is 7.31. The molecule has 0 amide bonds. The molecule has 2 bridgehead atoms. The van der Waals surface area contributed by atoms with Gasteiger partial charge in [-0.05, 0) is 29.9 Å². The molecule has 1 aliphatic carbocycles. The van der Waals surface area contributed by atoms with E-state index >= 15 is 0 Å². The number of hydrogen-bond acceptors (Lipinski definition) is 4. The highest BCUT2D eigenvalue weighted by atomic mass is 32.2. The summed E-state index contributed by atoms with van der Waals surface area (Å²) in [4.78, 5) is 11.4. The highest BCUT2D eigenvalue weighted by Gasteiger charge is 2.45. The van der Waals surface area contributed by atoms with Gasteiger partial charge in [-0.1, -0.05) is 24.3 Å². The number of hydrogen-bond donors (Lipinski definition) is 0. The monoisotopic (exact) mass is 324 g/mol. The third kappa shape index (κ3) is 2.53. The van der Waals surface area contributed by atoms with Crippen LogP contribution in [0.25, 0.3) is 0 Å². The van der Waals surface area contributed by atoms with Gasteiger partial charge in [0.2, 0.25) is 0 Å². The molecule has 2 heterocycles. The van der Waals surface area contributed by atoms with Crippen LogP contribution in [0.2, 0.25) is 0 Å². The summed E-state index contributed by atoms with van der Waals surface area (Å²) in [7, 11) is -1.01. The standard InChI is InChI=1S/C15H20N2O4S/c1-16(10-15(18)21-2)22(19,20)17-9-11-5-3-4-6-14(11)12-7-13(17)8-12/h3-6,12-13H,7-10H2,1-2H3. The van der Waals surface area contributed by atoms with E-state index in [0.717, 1.165) is 22.7 Å². The van der Waals surface area contributed by atoms with Crippen molar-refractivity contribution in [1.29, 1.82) is 0 Å². The predicted molar refractivity (Wildman–Crippen MR) is 81.3 cm³/mol. The van der Waals surface area contributed by atoms with Crippen LogP contribution in [0.15, 0.2) is 24.3 Å². The van der Waals surface area contributed by atoms with E-state index in [1.165, 1.54) is 24.0 Å². The van der Waals surface area contributed by atoms with Gasteiger partial charge in [0.05, 0.1) is 7.11 Å². The summed E-state index contributed by atoms with van der Waals surface area (Å²) in [6, 6.07) is 8.02. The number of carbonyl (C=O) groups is 1. The Balaban J connectivity index is 1.87. The molecule has 7 heteroatoms. The molecule has 0 unspecified atom stereocenters. The molecule has 120 valence electrons. The van der Waals surface area contributed by atoms with Gasteiger partial charge in [0, 0.05) is 19.6 Å². The Bertz CT molecular complexity index is 683. The molecule has 1 aromatic carbocycles. The zero-order valence-corrected chi connectivity index (χ0v) is 13.5. The van der Waals surface area contributed by atoms with E-state index in [0.29, 0.717) is 12.5 Å². The van der Waals surface area contributed by atoms with Gasteiger partial charge in [-0.2, -0.15) is 17.0 Å². The van der Waals surface area contributed by atoms with Crippen LogP contribution in [0, 0.1) is 0 Å². The quantitative estimate of drug-likeness (QED) is 0.778. The zero-order chi connectivity index (χ0) is 15.9. The molecular formula is C15H20N2O4S. The van der Waals surface area contributed by atoms with Gasteiger partial charge < -0.3 is 4.74 Å². The molecule has 22 heavy (non-hydrogen) atoms. The highest BCUT2D eigenvalue weighted by molar-refractivity contribution is 7.86. The van der Waals surface area contributed by atoms with Crippen molar-refractivity contribution in [2.75, 3.05) is 20.7 Å². The summed E-state index contributed by atoms with van der Waals surface area (Å²) in [6.45, 7) is 0.0956. The average Bonchev–Trinajstić information content (AvgIpc) is 2.72. The zero-order valence-electron chi connectivity index (χ0n) is 12.7. The van der Waals surface area contributed by atoms with Crippen LogP contribution in [0.5, 0.6) is 0 Å². The molecule has 2 aliphatic heterocycles. The van der Waals surface area contributed by atoms with Crippen molar-refractivity contribution in [3.63, 3.8) is 0 Å². The lowest BCUT2D eigenvalue weighted by molar-refractivity contribution is -0.140. The van der Waals surface area contributed by atoms with Crippen molar-refractivity contribution in [2.45, 2.75) is 31.3 Å². The fraction of sp³-hybridized carbons (Fsp3) is 0.533. The van der Waals surface area contributed by atoms with Crippen LogP contribution in [0.1, 0.15) is 29.9 Å². The number of fused-ring (bicyclic) bond motifs is 1. The Morgan fingerprint density at radius 3 is 2.73 bits per heavy atom. The molecular weight excluding hydrogens is 304 g/mol. The average molecular weight is 324 g/mol. The molecule has 0 N–H and O–H groups in total. The van der Waals surface area contributed by atoms with Gasteiger partial charge in [-0.25, -0.2) is 0 Å². The van der Waals surface area contributed by atoms with Crippen molar-refractivity contribution in [3.05, 3.63) is 35.4 Å². The van der Waals surface area contributed by atoms with Gasteiger partial charge in [-0.3, -0.25) is 4.79 Å². The maximum atomic E-state index is 12.8. The summed E-state index contributed by atoms with van der Waals surface area (Å²) in [5, 5.41) is 0. The molecule has 3 aliphatic rings. The molecule has 0 radical (unpaired) electrons. The third-order valence-corrected chi connectivity index (χ3v) is 6.55. The Kier molecular flexibility index (Phi) is 3.96. The van der Waals surface area contributed by atoms with Gasteiger partial charge in [0.15, 0.2) is 0 Å². The number of carbonyl (C=O) groups excluding carboxylic acids is 1. The van der Waals surface area contributed by atoms with Crippen molar-refractivity contribution >= 4 is 16.2 Å². The molecule has 0 aromatic heterocycles. The highest BCUT2D eigenvalue weighted by Crippen LogP contribution is 2.46. The minimum atomic E-state index is -3.68. The molecule has 1 saturated carbocycles. The lowest BCUT2D eigenvalue weighted by Crippen LogP contribution is -2.50. The number of rotatable bonds is 4. The van der Waals surface area contributed by atoms with Crippen molar-refractivity contribution < 1.29 is 17.9 Å². The van der Waals surface area contributed by atoms with Gasteiger partial charge >= 0.3 is 5.97 Å². The topological polar surface area (TPSA) is 66.9 Å². The van der Waals surface area contributed by atoms with Crippen molar-refractivity contribution in [2.24, 2.45) is 0 Å². The Morgan fingerprint density at radius 1 is 1.36 bits per heavy atom.